The lowest BCUT2D eigenvalue weighted by Gasteiger charge is -1.97. The molecule has 0 fully saturated rings. The Morgan fingerprint density at radius 3 is 3.00 bits per heavy atom. The lowest BCUT2D eigenvalue weighted by molar-refractivity contribution is -0.137. The summed E-state index contributed by atoms with van der Waals surface area (Å²) in [5.74, 6) is 1.18. The van der Waals surface area contributed by atoms with Crippen molar-refractivity contribution in [3.63, 3.8) is 0 Å². The molecule has 0 aliphatic carbocycles. The average molecular weight is 260 g/mol. The standard InChI is InChI=1S/C15H16O4/c1-2-9-17-15(16)6-4-3-5-12-7-8-13-14(10-12)19-11-18-13/h3-8,10H,2,9,11H2,1H3. The predicted molar refractivity (Wildman–Crippen MR) is 72.0 cm³/mol. The molecule has 0 atom stereocenters. The Morgan fingerprint density at radius 1 is 1.32 bits per heavy atom. The second kappa shape index (κ2) is 6.64. The molecule has 2 rings (SSSR count). The first-order valence-electron chi connectivity index (χ1n) is 6.21. The number of carbonyl (C=O) groups excluding carboxylic acids is 1. The second-order valence-corrected chi connectivity index (χ2v) is 4.00. The first-order valence-corrected chi connectivity index (χ1v) is 6.21. The van der Waals surface area contributed by atoms with E-state index in [1.807, 2.05) is 31.2 Å². The molecule has 0 amide bonds. The minimum Gasteiger partial charge on any atom is -0.463 e. The third kappa shape index (κ3) is 3.88. The molecule has 1 aliphatic rings. The Hall–Kier alpha value is -2.23. The van der Waals surface area contributed by atoms with Crippen LogP contribution < -0.4 is 9.47 Å². The number of fused-ring (bicyclic) bond motifs is 1. The highest BCUT2D eigenvalue weighted by Gasteiger charge is 2.11. The Morgan fingerprint density at radius 2 is 2.16 bits per heavy atom. The van der Waals surface area contributed by atoms with Crippen molar-refractivity contribution >= 4 is 12.0 Å². The molecule has 0 N–H and O–H groups in total. The molecular formula is C15H16O4. The molecule has 0 unspecified atom stereocenters. The summed E-state index contributed by atoms with van der Waals surface area (Å²) in [5.41, 5.74) is 0.982. The van der Waals surface area contributed by atoms with Crippen molar-refractivity contribution in [3.05, 3.63) is 42.0 Å². The first kappa shape index (κ1) is 13.2. The largest absolute Gasteiger partial charge is 0.463 e. The van der Waals surface area contributed by atoms with Crippen LogP contribution in [0.2, 0.25) is 0 Å². The summed E-state index contributed by atoms with van der Waals surface area (Å²) in [6.45, 7) is 2.68. The summed E-state index contributed by atoms with van der Waals surface area (Å²) in [6, 6.07) is 5.68. The number of allylic oxidation sites excluding steroid dienone is 2. The molecule has 0 saturated carbocycles. The predicted octanol–water partition coefficient (Wildman–Crippen LogP) is 2.94. The van der Waals surface area contributed by atoms with Gasteiger partial charge in [0.15, 0.2) is 11.5 Å². The highest BCUT2D eigenvalue weighted by atomic mass is 16.7. The maximum absolute atomic E-state index is 11.2. The Bertz CT molecular complexity index is 503. The molecule has 0 saturated heterocycles. The quantitative estimate of drug-likeness (QED) is 0.464. The summed E-state index contributed by atoms with van der Waals surface area (Å²) >= 11 is 0. The van der Waals surface area contributed by atoms with Crippen LogP contribution in [0.25, 0.3) is 6.08 Å². The number of rotatable bonds is 5. The van der Waals surface area contributed by atoms with E-state index in [9.17, 15) is 4.79 Å². The molecule has 0 bridgehead atoms. The molecule has 19 heavy (non-hydrogen) atoms. The summed E-state index contributed by atoms with van der Waals surface area (Å²) in [4.78, 5) is 11.2. The zero-order valence-corrected chi connectivity index (χ0v) is 10.8. The summed E-state index contributed by atoms with van der Waals surface area (Å²) in [6.07, 6.45) is 7.55. The van der Waals surface area contributed by atoms with Crippen molar-refractivity contribution in [2.75, 3.05) is 13.4 Å². The van der Waals surface area contributed by atoms with Gasteiger partial charge in [-0.3, -0.25) is 0 Å². The van der Waals surface area contributed by atoms with Gasteiger partial charge in [0.05, 0.1) is 6.61 Å². The lowest BCUT2D eigenvalue weighted by atomic mass is 10.2. The van der Waals surface area contributed by atoms with E-state index in [1.165, 1.54) is 6.08 Å². The van der Waals surface area contributed by atoms with Crippen molar-refractivity contribution in [1.29, 1.82) is 0 Å². The van der Waals surface area contributed by atoms with Crippen molar-refractivity contribution in [1.82, 2.24) is 0 Å². The number of esters is 1. The third-order valence-electron chi connectivity index (χ3n) is 2.48. The van der Waals surface area contributed by atoms with Gasteiger partial charge in [-0.15, -0.1) is 0 Å². The first-order chi connectivity index (χ1) is 9.29. The van der Waals surface area contributed by atoms with Crippen LogP contribution in [0, 0.1) is 0 Å². The van der Waals surface area contributed by atoms with Gasteiger partial charge >= 0.3 is 5.97 Å². The monoisotopic (exact) mass is 260 g/mol. The van der Waals surface area contributed by atoms with Gasteiger partial charge < -0.3 is 14.2 Å². The van der Waals surface area contributed by atoms with Crippen molar-refractivity contribution < 1.29 is 19.0 Å². The SMILES string of the molecule is CCCOC(=O)C=CC=Cc1ccc2c(c1)OCO2. The Labute approximate surface area is 112 Å². The summed E-state index contributed by atoms with van der Waals surface area (Å²) in [7, 11) is 0. The fourth-order valence-corrected chi connectivity index (χ4v) is 1.57. The van der Waals surface area contributed by atoms with Crippen molar-refractivity contribution in [2.24, 2.45) is 0 Å². The fourth-order valence-electron chi connectivity index (χ4n) is 1.57. The minimum atomic E-state index is -0.322. The number of hydrogen-bond donors (Lipinski definition) is 0. The third-order valence-corrected chi connectivity index (χ3v) is 2.48. The van der Waals surface area contributed by atoms with Crippen LogP contribution in [0.4, 0.5) is 0 Å². The van der Waals surface area contributed by atoms with Crippen LogP contribution in [0.3, 0.4) is 0 Å². The highest BCUT2D eigenvalue weighted by molar-refractivity contribution is 5.82. The lowest BCUT2D eigenvalue weighted by Crippen LogP contribution is -2.00. The molecule has 0 radical (unpaired) electrons. The maximum atomic E-state index is 11.2. The van der Waals surface area contributed by atoms with Gasteiger partial charge in [0, 0.05) is 6.08 Å². The van der Waals surface area contributed by atoms with Crippen molar-refractivity contribution in [2.45, 2.75) is 13.3 Å². The second-order valence-electron chi connectivity index (χ2n) is 4.00. The molecular weight excluding hydrogens is 244 g/mol. The molecule has 1 aromatic rings. The maximum Gasteiger partial charge on any atom is 0.330 e. The van der Waals surface area contributed by atoms with E-state index >= 15 is 0 Å². The zero-order chi connectivity index (χ0) is 13.5. The van der Waals surface area contributed by atoms with E-state index in [2.05, 4.69) is 0 Å². The Kier molecular flexibility index (Phi) is 4.61. The molecule has 4 heteroatoms. The van der Waals surface area contributed by atoms with Gasteiger partial charge in [-0.25, -0.2) is 4.79 Å². The van der Waals surface area contributed by atoms with Gasteiger partial charge in [-0.05, 0) is 24.1 Å². The van der Waals surface area contributed by atoms with E-state index in [0.717, 1.165) is 23.5 Å². The smallest absolute Gasteiger partial charge is 0.330 e. The topological polar surface area (TPSA) is 44.8 Å². The molecule has 1 heterocycles. The van der Waals surface area contributed by atoms with Gasteiger partial charge in [-0.1, -0.05) is 31.2 Å². The van der Waals surface area contributed by atoms with Crippen LogP contribution in [-0.2, 0) is 9.53 Å². The molecule has 1 aromatic carbocycles. The molecule has 100 valence electrons. The van der Waals surface area contributed by atoms with Gasteiger partial charge in [0.25, 0.3) is 0 Å². The van der Waals surface area contributed by atoms with E-state index in [0.29, 0.717) is 6.61 Å². The molecule has 1 aliphatic heterocycles. The van der Waals surface area contributed by atoms with E-state index < -0.39 is 0 Å². The van der Waals surface area contributed by atoms with Crippen molar-refractivity contribution in [3.8, 4) is 11.5 Å². The van der Waals surface area contributed by atoms with Crippen LogP contribution >= 0.6 is 0 Å². The fraction of sp³-hybridized carbons (Fsp3) is 0.267. The van der Waals surface area contributed by atoms with Gasteiger partial charge in [0.1, 0.15) is 0 Å². The zero-order valence-electron chi connectivity index (χ0n) is 10.8. The molecule has 0 aromatic heterocycles. The summed E-state index contributed by atoms with van der Waals surface area (Å²) in [5, 5.41) is 0. The number of carbonyl (C=O) groups is 1. The van der Waals surface area contributed by atoms with E-state index in [1.54, 1.807) is 12.2 Å². The summed E-state index contributed by atoms with van der Waals surface area (Å²) < 4.78 is 15.4. The number of benzene rings is 1. The number of ether oxygens (including phenoxy) is 3. The normalized spacial score (nSPS) is 13.3. The van der Waals surface area contributed by atoms with E-state index in [-0.39, 0.29) is 12.8 Å². The average Bonchev–Trinajstić information content (AvgIpc) is 2.88. The molecule has 0 spiro atoms. The minimum absolute atomic E-state index is 0.270. The molecule has 4 nitrogen and oxygen atoms in total. The number of hydrogen-bond acceptors (Lipinski definition) is 4. The van der Waals surface area contributed by atoms with Crippen LogP contribution in [0.15, 0.2) is 36.4 Å². The van der Waals surface area contributed by atoms with Crippen LogP contribution in [0.1, 0.15) is 18.9 Å². The van der Waals surface area contributed by atoms with E-state index in [4.69, 9.17) is 14.2 Å². The Balaban J connectivity index is 1.88. The van der Waals surface area contributed by atoms with Gasteiger partial charge in [-0.2, -0.15) is 0 Å². The van der Waals surface area contributed by atoms with Crippen LogP contribution in [0.5, 0.6) is 11.5 Å². The van der Waals surface area contributed by atoms with Gasteiger partial charge in [0.2, 0.25) is 6.79 Å². The van der Waals surface area contributed by atoms with Crippen LogP contribution in [-0.4, -0.2) is 19.4 Å². The highest BCUT2D eigenvalue weighted by Crippen LogP contribution is 2.32.